The van der Waals surface area contributed by atoms with E-state index in [0.29, 0.717) is 16.9 Å². The number of halogens is 1. The maximum Gasteiger partial charge on any atom is 0.171 e. The van der Waals surface area contributed by atoms with Gasteiger partial charge in [-0.25, -0.2) is 4.39 Å². The predicted molar refractivity (Wildman–Crippen MR) is 69.1 cm³/mol. The molecule has 4 heteroatoms. The number of benzene rings is 1. The van der Waals surface area contributed by atoms with Crippen molar-refractivity contribution >= 4 is 0 Å². The molecule has 0 saturated heterocycles. The summed E-state index contributed by atoms with van der Waals surface area (Å²) in [7, 11) is 2.94. The molecule has 0 heterocycles. The first-order valence-corrected chi connectivity index (χ1v) is 5.83. The largest absolute Gasteiger partial charge is 0.496 e. The fourth-order valence-corrected chi connectivity index (χ4v) is 2.30. The second-order valence-electron chi connectivity index (χ2n) is 5.05. The number of rotatable bonds is 4. The van der Waals surface area contributed by atoms with Crippen LogP contribution in [0.5, 0.6) is 11.5 Å². The highest BCUT2D eigenvalue weighted by Crippen LogP contribution is 2.42. The lowest BCUT2D eigenvalue weighted by Gasteiger charge is -2.29. The van der Waals surface area contributed by atoms with Crippen LogP contribution in [0.1, 0.15) is 30.5 Å². The topological polar surface area (TPSA) is 38.7 Å². The quantitative estimate of drug-likeness (QED) is 0.900. The predicted octanol–water partition coefficient (Wildman–Crippen LogP) is 2.73. The van der Waals surface area contributed by atoms with Crippen LogP contribution in [0, 0.1) is 19.7 Å². The van der Waals surface area contributed by atoms with Gasteiger partial charge in [0.25, 0.3) is 0 Å². The van der Waals surface area contributed by atoms with Crippen molar-refractivity contribution in [1.82, 2.24) is 0 Å². The zero-order chi connectivity index (χ0) is 14.1. The Hall–Kier alpha value is -1.29. The highest BCUT2D eigenvalue weighted by Gasteiger charge is 2.31. The molecule has 0 aliphatic carbocycles. The molecule has 0 bridgehead atoms. The van der Waals surface area contributed by atoms with Crippen LogP contribution in [-0.2, 0) is 5.41 Å². The molecule has 0 saturated carbocycles. The zero-order valence-electron chi connectivity index (χ0n) is 11.8. The molecule has 0 aromatic heterocycles. The molecule has 18 heavy (non-hydrogen) atoms. The molecule has 3 nitrogen and oxygen atoms in total. The molecule has 0 amide bonds. The summed E-state index contributed by atoms with van der Waals surface area (Å²) >= 11 is 0. The second-order valence-corrected chi connectivity index (χ2v) is 5.05. The SMILES string of the molecule is COc1c(C)c(C(C)(C)CO)c(OC)c(C)c1F. The molecule has 1 N–H and O–H groups in total. The third kappa shape index (κ3) is 2.17. The summed E-state index contributed by atoms with van der Waals surface area (Å²) in [6.07, 6.45) is 0. The average molecular weight is 256 g/mol. The molecule has 0 radical (unpaired) electrons. The van der Waals surface area contributed by atoms with Crippen molar-refractivity contribution < 1.29 is 19.0 Å². The first kappa shape index (κ1) is 14.8. The van der Waals surface area contributed by atoms with Crippen LogP contribution >= 0.6 is 0 Å². The van der Waals surface area contributed by atoms with E-state index in [-0.39, 0.29) is 12.4 Å². The molecule has 1 aromatic carbocycles. The molecule has 0 aliphatic rings. The molecular formula is C14H21FO3. The summed E-state index contributed by atoms with van der Waals surface area (Å²) in [5.74, 6) is 0.277. The van der Waals surface area contributed by atoms with Crippen molar-refractivity contribution in [3.8, 4) is 11.5 Å². The summed E-state index contributed by atoms with van der Waals surface area (Å²) in [6.45, 7) is 7.13. The summed E-state index contributed by atoms with van der Waals surface area (Å²) in [5.41, 5.74) is 1.32. The average Bonchev–Trinajstić information content (AvgIpc) is 2.33. The zero-order valence-corrected chi connectivity index (χ0v) is 11.8. The molecule has 0 spiro atoms. The maximum atomic E-state index is 14.1. The highest BCUT2D eigenvalue weighted by molar-refractivity contribution is 5.56. The van der Waals surface area contributed by atoms with Gasteiger partial charge in [-0.2, -0.15) is 0 Å². The van der Waals surface area contributed by atoms with Gasteiger partial charge in [-0.05, 0) is 13.8 Å². The van der Waals surface area contributed by atoms with Crippen molar-refractivity contribution in [2.75, 3.05) is 20.8 Å². The highest BCUT2D eigenvalue weighted by atomic mass is 19.1. The summed E-state index contributed by atoms with van der Waals surface area (Å²) < 4.78 is 24.6. The summed E-state index contributed by atoms with van der Waals surface area (Å²) in [6, 6.07) is 0. The van der Waals surface area contributed by atoms with Gasteiger partial charge in [0.15, 0.2) is 11.6 Å². The van der Waals surface area contributed by atoms with Crippen LogP contribution in [0.15, 0.2) is 0 Å². The lowest BCUT2D eigenvalue weighted by molar-refractivity contribution is 0.213. The number of hydrogen-bond donors (Lipinski definition) is 1. The number of methoxy groups -OCH3 is 2. The van der Waals surface area contributed by atoms with Gasteiger partial charge in [0.2, 0.25) is 0 Å². The maximum absolute atomic E-state index is 14.1. The molecule has 0 atom stereocenters. The molecule has 102 valence electrons. The molecule has 0 fully saturated rings. The van der Waals surface area contributed by atoms with Crippen LogP contribution < -0.4 is 9.47 Å². The van der Waals surface area contributed by atoms with Gasteiger partial charge >= 0.3 is 0 Å². The van der Waals surface area contributed by atoms with Gasteiger partial charge in [0.1, 0.15) is 5.75 Å². The number of aliphatic hydroxyl groups is 1. The fraction of sp³-hybridized carbons (Fsp3) is 0.571. The van der Waals surface area contributed by atoms with E-state index in [2.05, 4.69) is 0 Å². The van der Waals surface area contributed by atoms with E-state index < -0.39 is 11.2 Å². The minimum absolute atomic E-state index is 0.0571. The van der Waals surface area contributed by atoms with E-state index in [1.54, 1.807) is 13.8 Å². The van der Waals surface area contributed by atoms with Crippen molar-refractivity contribution in [2.45, 2.75) is 33.1 Å². The van der Waals surface area contributed by atoms with Gasteiger partial charge < -0.3 is 14.6 Å². The normalized spacial score (nSPS) is 11.6. The smallest absolute Gasteiger partial charge is 0.171 e. The summed E-state index contributed by atoms with van der Waals surface area (Å²) in [5, 5.41) is 9.53. The number of hydrogen-bond acceptors (Lipinski definition) is 3. The van der Waals surface area contributed by atoms with Gasteiger partial charge in [0.05, 0.1) is 20.8 Å². The number of ether oxygens (including phenoxy) is 2. The van der Waals surface area contributed by atoms with E-state index in [0.717, 1.165) is 5.56 Å². The van der Waals surface area contributed by atoms with Crippen LogP contribution in [0.2, 0.25) is 0 Å². The standard InChI is InChI=1S/C14H21FO3/c1-8-10(14(3,4)7-16)12(17-5)9(2)11(15)13(8)18-6/h16H,7H2,1-6H3. The molecule has 0 unspecified atom stereocenters. The lowest BCUT2D eigenvalue weighted by atomic mass is 9.80. The summed E-state index contributed by atoms with van der Waals surface area (Å²) in [4.78, 5) is 0. The van der Waals surface area contributed by atoms with Crippen LogP contribution in [0.25, 0.3) is 0 Å². The van der Waals surface area contributed by atoms with Crippen molar-refractivity contribution in [1.29, 1.82) is 0 Å². The molecule has 1 rings (SSSR count). The Balaban J connectivity index is 3.73. The first-order chi connectivity index (χ1) is 8.31. The number of aliphatic hydroxyl groups excluding tert-OH is 1. The van der Waals surface area contributed by atoms with Gasteiger partial charge in [-0.15, -0.1) is 0 Å². The van der Waals surface area contributed by atoms with E-state index in [1.807, 2.05) is 13.8 Å². The Morgan fingerprint density at radius 2 is 1.56 bits per heavy atom. The molecule has 1 aromatic rings. The van der Waals surface area contributed by atoms with Crippen molar-refractivity contribution in [2.24, 2.45) is 0 Å². The Morgan fingerprint density at radius 1 is 1.06 bits per heavy atom. The van der Waals surface area contributed by atoms with E-state index in [1.165, 1.54) is 14.2 Å². The molecular weight excluding hydrogens is 235 g/mol. The minimum atomic E-state index is -0.527. The van der Waals surface area contributed by atoms with Crippen LogP contribution in [0.3, 0.4) is 0 Å². The van der Waals surface area contributed by atoms with Gasteiger partial charge in [0, 0.05) is 22.1 Å². The Morgan fingerprint density at radius 3 is 1.94 bits per heavy atom. The first-order valence-electron chi connectivity index (χ1n) is 5.83. The Bertz CT molecular complexity index is 453. The van der Waals surface area contributed by atoms with Crippen LogP contribution in [0.4, 0.5) is 4.39 Å². The second kappa shape index (κ2) is 5.14. The monoisotopic (exact) mass is 256 g/mol. The van der Waals surface area contributed by atoms with E-state index in [4.69, 9.17) is 9.47 Å². The van der Waals surface area contributed by atoms with E-state index >= 15 is 0 Å². The lowest BCUT2D eigenvalue weighted by Crippen LogP contribution is -2.25. The minimum Gasteiger partial charge on any atom is -0.496 e. The third-order valence-electron chi connectivity index (χ3n) is 3.29. The van der Waals surface area contributed by atoms with Gasteiger partial charge in [-0.3, -0.25) is 0 Å². The fourth-order valence-electron chi connectivity index (χ4n) is 2.30. The van der Waals surface area contributed by atoms with E-state index in [9.17, 15) is 9.50 Å². The van der Waals surface area contributed by atoms with Crippen molar-refractivity contribution in [3.05, 3.63) is 22.5 Å². The van der Waals surface area contributed by atoms with Crippen LogP contribution in [-0.4, -0.2) is 25.9 Å². The Kier molecular flexibility index (Phi) is 4.22. The molecule has 0 aliphatic heterocycles. The van der Waals surface area contributed by atoms with Gasteiger partial charge in [-0.1, -0.05) is 13.8 Å². The Labute approximate surface area is 108 Å². The van der Waals surface area contributed by atoms with Crippen molar-refractivity contribution in [3.63, 3.8) is 0 Å². The third-order valence-corrected chi connectivity index (χ3v) is 3.29.